The molecule has 0 heterocycles. The molecule has 0 aliphatic rings. The van der Waals surface area contributed by atoms with Crippen LogP contribution >= 0.6 is 11.6 Å². The van der Waals surface area contributed by atoms with Gasteiger partial charge in [-0.05, 0) is 29.8 Å². The standard InChI is InChI=1S/C15H13ClN2O4/c1-22-12-4-2-3-10(7-12)9-17-15(19)13-8-11(16)5-6-14(13)18(20)21/h2-8H,9H2,1H3,(H,17,19). The molecule has 2 aromatic rings. The number of hydrogen-bond donors (Lipinski definition) is 1. The lowest BCUT2D eigenvalue weighted by molar-refractivity contribution is -0.385. The second-order valence-electron chi connectivity index (χ2n) is 4.45. The Morgan fingerprint density at radius 1 is 1.32 bits per heavy atom. The molecule has 6 nitrogen and oxygen atoms in total. The van der Waals surface area contributed by atoms with Gasteiger partial charge in [-0.25, -0.2) is 0 Å². The third-order valence-electron chi connectivity index (χ3n) is 2.99. The molecule has 0 saturated carbocycles. The first-order valence-electron chi connectivity index (χ1n) is 6.36. The molecule has 0 spiro atoms. The Hall–Kier alpha value is -2.60. The van der Waals surface area contributed by atoms with Crippen LogP contribution in [0.15, 0.2) is 42.5 Å². The van der Waals surface area contributed by atoms with Crippen LogP contribution in [0.3, 0.4) is 0 Å². The maximum atomic E-state index is 12.1. The van der Waals surface area contributed by atoms with Gasteiger partial charge in [-0.1, -0.05) is 23.7 Å². The van der Waals surface area contributed by atoms with Gasteiger partial charge in [-0.15, -0.1) is 0 Å². The van der Waals surface area contributed by atoms with Crippen molar-refractivity contribution < 1.29 is 14.5 Å². The molecule has 7 heteroatoms. The quantitative estimate of drug-likeness (QED) is 0.677. The Bertz CT molecular complexity index is 718. The molecular formula is C15H13ClN2O4. The summed E-state index contributed by atoms with van der Waals surface area (Å²) in [5, 5.41) is 13.9. The maximum absolute atomic E-state index is 12.1. The SMILES string of the molecule is COc1cccc(CNC(=O)c2cc(Cl)ccc2[N+](=O)[O-])c1. The Labute approximate surface area is 131 Å². The minimum Gasteiger partial charge on any atom is -0.497 e. The fourth-order valence-electron chi connectivity index (χ4n) is 1.91. The average Bonchev–Trinajstić information content (AvgIpc) is 2.52. The van der Waals surface area contributed by atoms with E-state index >= 15 is 0 Å². The Balaban J connectivity index is 2.15. The predicted octanol–water partition coefficient (Wildman–Crippen LogP) is 3.19. The summed E-state index contributed by atoms with van der Waals surface area (Å²) in [6.07, 6.45) is 0. The predicted molar refractivity (Wildman–Crippen MR) is 82.3 cm³/mol. The van der Waals surface area contributed by atoms with E-state index in [0.717, 1.165) is 5.56 Å². The van der Waals surface area contributed by atoms with Crippen molar-refractivity contribution in [2.75, 3.05) is 7.11 Å². The summed E-state index contributed by atoms with van der Waals surface area (Å²) in [7, 11) is 1.55. The van der Waals surface area contributed by atoms with Gasteiger partial charge in [0.25, 0.3) is 11.6 Å². The molecule has 1 amide bonds. The second kappa shape index (κ2) is 6.91. The number of nitro benzene ring substituents is 1. The molecule has 0 atom stereocenters. The van der Waals surface area contributed by atoms with Gasteiger partial charge in [-0.2, -0.15) is 0 Å². The van der Waals surface area contributed by atoms with Crippen molar-refractivity contribution in [2.45, 2.75) is 6.54 Å². The normalized spacial score (nSPS) is 10.1. The summed E-state index contributed by atoms with van der Waals surface area (Å²) < 4.78 is 5.09. The fraction of sp³-hybridized carbons (Fsp3) is 0.133. The molecule has 0 saturated heterocycles. The number of carbonyl (C=O) groups excluding carboxylic acids is 1. The highest BCUT2D eigenvalue weighted by atomic mass is 35.5. The van der Waals surface area contributed by atoms with Gasteiger partial charge >= 0.3 is 0 Å². The minimum absolute atomic E-state index is 0.0691. The summed E-state index contributed by atoms with van der Waals surface area (Å²) in [5.74, 6) is 0.109. The first-order chi connectivity index (χ1) is 10.5. The van der Waals surface area contributed by atoms with Crippen LogP contribution in [0.4, 0.5) is 5.69 Å². The number of halogens is 1. The van der Waals surface area contributed by atoms with Gasteiger partial charge in [-0.3, -0.25) is 14.9 Å². The zero-order valence-electron chi connectivity index (χ0n) is 11.7. The van der Waals surface area contributed by atoms with Gasteiger partial charge in [0, 0.05) is 17.6 Å². The summed E-state index contributed by atoms with van der Waals surface area (Å²) in [6, 6.07) is 11.0. The summed E-state index contributed by atoms with van der Waals surface area (Å²) in [4.78, 5) is 22.5. The minimum atomic E-state index is -0.614. The van der Waals surface area contributed by atoms with Crippen molar-refractivity contribution >= 4 is 23.2 Å². The molecule has 0 aromatic heterocycles. The first kappa shape index (κ1) is 15.8. The Morgan fingerprint density at radius 2 is 2.09 bits per heavy atom. The van der Waals surface area contributed by atoms with Crippen LogP contribution in [-0.4, -0.2) is 17.9 Å². The molecule has 22 heavy (non-hydrogen) atoms. The van der Waals surface area contributed by atoms with Crippen molar-refractivity contribution in [1.82, 2.24) is 5.32 Å². The number of methoxy groups -OCH3 is 1. The smallest absolute Gasteiger partial charge is 0.282 e. The zero-order valence-corrected chi connectivity index (χ0v) is 12.5. The van der Waals surface area contributed by atoms with Crippen LogP contribution in [-0.2, 0) is 6.54 Å². The number of nitro groups is 1. The van der Waals surface area contributed by atoms with E-state index in [9.17, 15) is 14.9 Å². The number of ether oxygens (including phenoxy) is 1. The van der Waals surface area contributed by atoms with Crippen LogP contribution in [0.5, 0.6) is 5.75 Å². The fourth-order valence-corrected chi connectivity index (χ4v) is 2.08. The van der Waals surface area contributed by atoms with E-state index in [1.54, 1.807) is 25.3 Å². The number of hydrogen-bond acceptors (Lipinski definition) is 4. The third kappa shape index (κ3) is 3.73. The molecule has 0 bridgehead atoms. The van der Waals surface area contributed by atoms with Crippen LogP contribution in [0, 0.1) is 10.1 Å². The molecule has 0 aliphatic heterocycles. The number of nitrogens with zero attached hydrogens (tertiary/aromatic N) is 1. The van der Waals surface area contributed by atoms with E-state index in [0.29, 0.717) is 5.75 Å². The largest absolute Gasteiger partial charge is 0.497 e. The molecule has 0 radical (unpaired) electrons. The molecule has 114 valence electrons. The topological polar surface area (TPSA) is 81.5 Å². The highest BCUT2D eigenvalue weighted by Gasteiger charge is 2.20. The molecule has 0 unspecified atom stereocenters. The van der Waals surface area contributed by atoms with E-state index in [-0.39, 0.29) is 22.8 Å². The van der Waals surface area contributed by atoms with Crippen LogP contribution in [0.2, 0.25) is 5.02 Å². The van der Waals surface area contributed by atoms with Gasteiger partial charge in [0.2, 0.25) is 0 Å². The lowest BCUT2D eigenvalue weighted by Gasteiger charge is -2.07. The molecule has 2 rings (SSSR count). The summed E-state index contributed by atoms with van der Waals surface area (Å²) in [5.41, 5.74) is 0.463. The molecule has 0 fully saturated rings. The van der Waals surface area contributed by atoms with Crippen molar-refractivity contribution in [1.29, 1.82) is 0 Å². The first-order valence-corrected chi connectivity index (χ1v) is 6.74. The van der Waals surface area contributed by atoms with E-state index < -0.39 is 10.8 Å². The molecule has 1 N–H and O–H groups in total. The van der Waals surface area contributed by atoms with Gasteiger partial charge in [0.15, 0.2) is 0 Å². The van der Waals surface area contributed by atoms with E-state index in [4.69, 9.17) is 16.3 Å². The molecule has 2 aromatic carbocycles. The summed E-state index contributed by atoms with van der Waals surface area (Å²) in [6.45, 7) is 0.222. The Morgan fingerprint density at radius 3 is 2.77 bits per heavy atom. The monoisotopic (exact) mass is 320 g/mol. The van der Waals surface area contributed by atoms with Gasteiger partial charge in [0.1, 0.15) is 11.3 Å². The number of carbonyl (C=O) groups is 1. The molecule has 0 aliphatic carbocycles. The maximum Gasteiger partial charge on any atom is 0.282 e. The lowest BCUT2D eigenvalue weighted by Crippen LogP contribution is -2.23. The van der Waals surface area contributed by atoms with Crippen molar-refractivity contribution in [3.05, 3.63) is 68.7 Å². The zero-order chi connectivity index (χ0) is 16.1. The highest BCUT2D eigenvalue weighted by molar-refractivity contribution is 6.31. The van der Waals surface area contributed by atoms with E-state index in [1.165, 1.54) is 18.2 Å². The number of benzene rings is 2. The van der Waals surface area contributed by atoms with Crippen LogP contribution in [0.25, 0.3) is 0 Å². The summed E-state index contributed by atoms with van der Waals surface area (Å²) >= 11 is 5.80. The Kier molecular flexibility index (Phi) is 4.95. The van der Waals surface area contributed by atoms with Crippen molar-refractivity contribution in [3.63, 3.8) is 0 Å². The highest BCUT2D eigenvalue weighted by Crippen LogP contribution is 2.22. The lowest BCUT2D eigenvalue weighted by atomic mass is 10.1. The van der Waals surface area contributed by atoms with E-state index in [1.807, 2.05) is 6.07 Å². The number of nitrogens with one attached hydrogen (secondary N) is 1. The van der Waals surface area contributed by atoms with Gasteiger partial charge in [0.05, 0.1) is 12.0 Å². The van der Waals surface area contributed by atoms with Crippen molar-refractivity contribution in [3.8, 4) is 5.75 Å². The van der Waals surface area contributed by atoms with Crippen molar-refractivity contribution in [2.24, 2.45) is 0 Å². The molecular weight excluding hydrogens is 308 g/mol. The van der Waals surface area contributed by atoms with Crippen LogP contribution < -0.4 is 10.1 Å². The third-order valence-corrected chi connectivity index (χ3v) is 3.22. The second-order valence-corrected chi connectivity index (χ2v) is 4.89. The number of amides is 1. The van der Waals surface area contributed by atoms with Crippen LogP contribution in [0.1, 0.15) is 15.9 Å². The average molecular weight is 321 g/mol. The van der Waals surface area contributed by atoms with E-state index in [2.05, 4.69) is 5.32 Å². The number of rotatable bonds is 5. The van der Waals surface area contributed by atoms with Gasteiger partial charge < -0.3 is 10.1 Å².